The topological polar surface area (TPSA) is 6.48 Å². The second-order valence-corrected chi connectivity index (χ2v) is 12.5. The maximum Gasteiger partial charge on any atom is 0.101 e. The van der Waals surface area contributed by atoms with Crippen molar-refractivity contribution in [3.63, 3.8) is 0 Å². The summed E-state index contributed by atoms with van der Waals surface area (Å²) in [6.45, 7) is 9.47. The Bertz CT molecular complexity index is 488. The van der Waals surface area contributed by atoms with Gasteiger partial charge in [-0.1, -0.05) is 175 Å². The molecule has 1 heterocycles. The standard InChI is InChI=1S/C36H72N2/c1-4-7-10-13-15-17-18-19-20-22-24-27-30-33-38-35-34-37(32-29-26-12-9-6-3)36(38)31-28-25-23-21-16-14-11-8-5-2/h34-36H,4-33H2,1-3H3. The average Bonchev–Trinajstić information content (AvgIpc) is 3.31. The fourth-order valence-electron chi connectivity index (χ4n) is 6.19. The first-order valence-electron chi connectivity index (χ1n) is 18.0. The van der Waals surface area contributed by atoms with Crippen LogP contribution in [0.15, 0.2) is 12.4 Å². The van der Waals surface area contributed by atoms with Gasteiger partial charge in [-0.2, -0.15) is 0 Å². The Balaban J connectivity index is 2.17. The normalized spacial score (nSPS) is 15.3. The molecule has 1 unspecified atom stereocenters. The molecule has 0 saturated heterocycles. The lowest BCUT2D eigenvalue weighted by Gasteiger charge is -2.33. The van der Waals surface area contributed by atoms with Gasteiger partial charge in [0.2, 0.25) is 0 Å². The number of nitrogens with zero attached hydrogens (tertiary/aromatic N) is 2. The first-order valence-corrected chi connectivity index (χ1v) is 18.0. The molecule has 0 radical (unpaired) electrons. The summed E-state index contributed by atoms with van der Waals surface area (Å²) in [5.41, 5.74) is 0. The Kier molecular flexibility index (Phi) is 26.0. The molecule has 0 aromatic carbocycles. The molecule has 0 spiro atoms. The van der Waals surface area contributed by atoms with E-state index >= 15 is 0 Å². The Morgan fingerprint density at radius 2 is 0.605 bits per heavy atom. The highest BCUT2D eigenvalue weighted by atomic mass is 15.4. The van der Waals surface area contributed by atoms with E-state index in [1.807, 2.05) is 0 Å². The van der Waals surface area contributed by atoms with Crippen LogP contribution < -0.4 is 0 Å². The van der Waals surface area contributed by atoms with Crippen LogP contribution in [-0.2, 0) is 0 Å². The van der Waals surface area contributed by atoms with E-state index < -0.39 is 0 Å². The van der Waals surface area contributed by atoms with Crippen molar-refractivity contribution in [1.29, 1.82) is 0 Å². The van der Waals surface area contributed by atoms with Crippen LogP contribution in [0.25, 0.3) is 0 Å². The molecule has 0 amide bonds. The molecule has 1 aliphatic rings. The Hall–Kier alpha value is -0.660. The second-order valence-electron chi connectivity index (χ2n) is 12.5. The highest BCUT2D eigenvalue weighted by Gasteiger charge is 2.24. The molecule has 0 bridgehead atoms. The minimum Gasteiger partial charge on any atom is -0.356 e. The first kappa shape index (κ1) is 35.4. The summed E-state index contributed by atoms with van der Waals surface area (Å²) in [6.07, 6.45) is 45.5. The van der Waals surface area contributed by atoms with Crippen LogP contribution in [0.2, 0.25) is 0 Å². The van der Waals surface area contributed by atoms with Gasteiger partial charge in [0.15, 0.2) is 0 Å². The molecule has 0 aliphatic carbocycles. The van der Waals surface area contributed by atoms with Gasteiger partial charge in [0.1, 0.15) is 6.17 Å². The fraction of sp³-hybridized carbons (Fsp3) is 0.944. The SMILES string of the molecule is CCCCCCCCCCCCCCCN1C=CN(CCCCCCC)C1CCCCCCCCCCC. The van der Waals surface area contributed by atoms with Crippen molar-refractivity contribution >= 4 is 0 Å². The van der Waals surface area contributed by atoms with E-state index in [-0.39, 0.29) is 0 Å². The van der Waals surface area contributed by atoms with E-state index in [0.29, 0.717) is 6.17 Å². The predicted molar refractivity (Wildman–Crippen MR) is 173 cm³/mol. The molecule has 1 atom stereocenters. The van der Waals surface area contributed by atoms with Gasteiger partial charge in [-0.3, -0.25) is 0 Å². The minimum atomic E-state index is 0.642. The van der Waals surface area contributed by atoms with E-state index in [1.54, 1.807) is 0 Å². The lowest BCUT2D eigenvalue weighted by atomic mass is 10.0. The van der Waals surface area contributed by atoms with Crippen LogP contribution in [0.1, 0.15) is 201 Å². The quantitative estimate of drug-likeness (QED) is 0.0848. The van der Waals surface area contributed by atoms with E-state index in [4.69, 9.17) is 0 Å². The molecule has 0 saturated carbocycles. The van der Waals surface area contributed by atoms with Gasteiger partial charge >= 0.3 is 0 Å². The maximum atomic E-state index is 2.70. The lowest BCUT2D eigenvalue weighted by Crippen LogP contribution is -2.39. The van der Waals surface area contributed by atoms with Gasteiger partial charge in [-0.25, -0.2) is 0 Å². The molecule has 1 rings (SSSR count). The van der Waals surface area contributed by atoms with Gasteiger partial charge in [-0.05, 0) is 25.7 Å². The van der Waals surface area contributed by atoms with Gasteiger partial charge in [0.25, 0.3) is 0 Å². The van der Waals surface area contributed by atoms with E-state index in [2.05, 4.69) is 43.0 Å². The highest BCUT2D eigenvalue weighted by molar-refractivity contribution is 4.97. The summed E-state index contributed by atoms with van der Waals surface area (Å²) in [5, 5.41) is 0. The van der Waals surface area contributed by atoms with E-state index in [1.165, 1.54) is 193 Å². The number of rotatable bonds is 30. The van der Waals surface area contributed by atoms with Crippen LogP contribution in [-0.4, -0.2) is 29.1 Å². The molecular weight excluding hydrogens is 460 g/mol. The lowest BCUT2D eigenvalue weighted by molar-refractivity contribution is 0.135. The van der Waals surface area contributed by atoms with Crippen molar-refractivity contribution in [3.8, 4) is 0 Å². The van der Waals surface area contributed by atoms with Crippen molar-refractivity contribution in [2.24, 2.45) is 0 Å². The van der Waals surface area contributed by atoms with Crippen LogP contribution in [0.4, 0.5) is 0 Å². The number of unbranched alkanes of at least 4 members (excludes halogenated alkanes) is 24. The monoisotopic (exact) mass is 533 g/mol. The largest absolute Gasteiger partial charge is 0.356 e. The molecule has 0 aromatic rings. The van der Waals surface area contributed by atoms with Crippen LogP contribution in [0, 0.1) is 0 Å². The zero-order valence-corrected chi connectivity index (χ0v) is 26.8. The molecule has 2 heteroatoms. The Morgan fingerprint density at radius 3 is 0.921 bits per heavy atom. The third-order valence-electron chi connectivity index (χ3n) is 8.82. The zero-order chi connectivity index (χ0) is 27.4. The van der Waals surface area contributed by atoms with Crippen molar-refractivity contribution < 1.29 is 0 Å². The first-order chi connectivity index (χ1) is 18.8. The molecule has 226 valence electrons. The number of hydrogen-bond donors (Lipinski definition) is 0. The van der Waals surface area contributed by atoms with Crippen molar-refractivity contribution in [2.75, 3.05) is 13.1 Å². The number of hydrogen-bond acceptors (Lipinski definition) is 2. The van der Waals surface area contributed by atoms with Crippen LogP contribution in [0.3, 0.4) is 0 Å². The molecule has 2 nitrogen and oxygen atoms in total. The Morgan fingerprint density at radius 1 is 0.342 bits per heavy atom. The summed E-state index contributed by atoms with van der Waals surface area (Å²) >= 11 is 0. The fourth-order valence-corrected chi connectivity index (χ4v) is 6.19. The summed E-state index contributed by atoms with van der Waals surface area (Å²) in [6, 6.07) is 0. The molecule has 0 fully saturated rings. The van der Waals surface area contributed by atoms with Crippen LogP contribution >= 0.6 is 0 Å². The van der Waals surface area contributed by atoms with Crippen LogP contribution in [0.5, 0.6) is 0 Å². The molecular formula is C36H72N2. The minimum absolute atomic E-state index is 0.642. The van der Waals surface area contributed by atoms with Crippen molar-refractivity contribution in [1.82, 2.24) is 9.80 Å². The molecule has 0 N–H and O–H groups in total. The van der Waals surface area contributed by atoms with Gasteiger partial charge in [0, 0.05) is 25.5 Å². The smallest absolute Gasteiger partial charge is 0.101 e. The highest BCUT2D eigenvalue weighted by Crippen LogP contribution is 2.24. The van der Waals surface area contributed by atoms with E-state index in [9.17, 15) is 0 Å². The Labute approximate surface area is 241 Å². The zero-order valence-electron chi connectivity index (χ0n) is 26.8. The molecule has 0 aromatic heterocycles. The average molecular weight is 533 g/mol. The van der Waals surface area contributed by atoms with Gasteiger partial charge in [-0.15, -0.1) is 0 Å². The third kappa shape index (κ3) is 20.3. The van der Waals surface area contributed by atoms with Gasteiger partial charge < -0.3 is 9.80 Å². The van der Waals surface area contributed by atoms with Crippen molar-refractivity contribution in [3.05, 3.63) is 12.4 Å². The maximum absolute atomic E-state index is 2.70. The summed E-state index contributed by atoms with van der Waals surface area (Å²) < 4.78 is 0. The molecule has 38 heavy (non-hydrogen) atoms. The summed E-state index contributed by atoms with van der Waals surface area (Å²) in [7, 11) is 0. The van der Waals surface area contributed by atoms with Gasteiger partial charge in [0.05, 0.1) is 0 Å². The van der Waals surface area contributed by atoms with Crippen molar-refractivity contribution in [2.45, 2.75) is 207 Å². The second kappa shape index (κ2) is 27.9. The third-order valence-corrected chi connectivity index (χ3v) is 8.82. The summed E-state index contributed by atoms with van der Waals surface area (Å²) in [4.78, 5) is 5.40. The molecule has 1 aliphatic heterocycles. The predicted octanol–water partition coefficient (Wildman–Crippen LogP) is 12.4. The van der Waals surface area contributed by atoms with E-state index in [0.717, 1.165) is 0 Å². The summed E-state index contributed by atoms with van der Waals surface area (Å²) in [5.74, 6) is 0.